The Morgan fingerprint density at radius 2 is 1.96 bits per heavy atom. The smallest absolute Gasteiger partial charge is 0.284 e. The first-order chi connectivity index (χ1) is 13.5. The quantitative estimate of drug-likeness (QED) is 0.574. The van der Waals surface area contributed by atoms with Gasteiger partial charge in [-0.15, -0.1) is 5.10 Å². The van der Waals surface area contributed by atoms with Gasteiger partial charge in [0.2, 0.25) is 5.91 Å². The molecule has 2 heterocycles. The van der Waals surface area contributed by atoms with Gasteiger partial charge in [-0.05, 0) is 37.3 Å². The van der Waals surface area contributed by atoms with Gasteiger partial charge >= 0.3 is 0 Å². The first kappa shape index (κ1) is 17.9. The van der Waals surface area contributed by atoms with E-state index in [1.54, 1.807) is 36.4 Å². The minimum absolute atomic E-state index is 0.0746. The zero-order chi connectivity index (χ0) is 19.7. The van der Waals surface area contributed by atoms with Crippen molar-refractivity contribution in [3.63, 3.8) is 0 Å². The van der Waals surface area contributed by atoms with Crippen LogP contribution in [-0.2, 0) is 11.3 Å². The maximum atomic E-state index is 12.7. The van der Waals surface area contributed by atoms with Gasteiger partial charge in [0.1, 0.15) is 12.9 Å². The van der Waals surface area contributed by atoms with Crippen molar-refractivity contribution in [2.75, 3.05) is 5.32 Å². The lowest BCUT2D eigenvalue weighted by Gasteiger charge is -2.07. The molecule has 1 N–H and O–H groups in total. The Kier molecular flexibility index (Phi) is 4.62. The molecule has 1 amide bonds. The second kappa shape index (κ2) is 7.24. The summed E-state index contributed by atoms with van der Waals surface area (Å²) >= 11 is 6.01. The van der Waals surface area contributed by atoms with Crippen LogP contribution in [0.25, 0.3) is 16.9 Å². The normalized spacial score (nSPS) is 10.9. The Labute approximate surface area is 164 Å². The molecule has 0 fully saturated rings. The molecular formula is C19H15ClN6O2. The summed E-state index contributed by atoms with van der Waals surface area (Å²) in [5.74, 6) is -0.339. The van der Waals surface area contributed by atoms with Gasteiger partial charge in [0, 0.05) is 10.7 Å². The lowest BCUT2D eigenvalue weighted by molar-refractivity contribution is -0.116. The summed E-state index contributed by atoms with van der Waals surface area (Å²) < 4.78 is 2.63. The molecule has 0 aliphatic rings. The second-order valence-corrected chi connectivity index (χ2v) is 6.68. The van der Waals surface area contributed by atoms with Gasteiger partial charge < -0.3 is 5.32 Å². The summed E-state index contributed by atoms with van der Waals surface area (Å²) in [5.41, 5.74) is 2.30. The summed E-state index contributed by atoms with van der Waals surface area (Å²) in [5, 5.41) is 11.2. The Balaban J connectivity index is 1.61. The number of halogens is 1. The highest BCUT2D eigenvalue weighted by Crippen LogP contribution is 2.16. The average Bonchev–Trinajstić information content (AvgIpc) is 3.11. The van der Waals surface area contributed by atoms with Gasteiger partial charge in [-0.1, -0.05) is 40.6 Å². The van der Waals surface area contributed by atoms with Crippen molar-refractivity contribution in [3.8, 4) is 5.69 Å². The van der Waals surface area contributed by atoms with Crippen LogP contribution < -0.4 is 10.9 Å². The molecule has 9 heteroatoms. The molecule has 140 valence electrons. The molecule has 28 heavy (non-hydrogen) atoms. The van der Waals surface area contributed by atoms with Crippen molar-refractivity contribution < 1.29 is 4.79 Å². The molecule has 4 aromatic rings. The molecule has 0 atom stereocenters. The lowest BCUT2D eigenvalue weighted by Crippen LogP contribution is -2.28. The summed E-state index contributed by atoms with van der Waals surface area (Å²) in [6.07, 6.45) is 1.31. The molecule has 0 saturated carbocycles. The fourth-order valence-corrected chi connectivity index (χ4v) is 2.92. The monoisotopic (exact) mass is 394 g/mol. The van der Waals surface area contributed by atoms with Gasteiger partial charge in [0.25, 0.3) is 5.56 Å². The Morgan fingerprint density at radius 1 is 1.18 bits per heavy atom. The van der Waals surface area contributed by atoms with E-state index in [2.05, 4.69) is 20.6 Å². The molecule has 0 aliphatic heterocycles. The van der Waals surface area contributed by atoms with Crippen molar-refractivity contribution in [2.45, 2.75) is 13.5 Å². The Hall–Kier alpha value is -3.52. The Morgan fingerprint density at radius 3 is 2.71 bits per heavy atom. The van der Waals surface area contributed by atoms with Crippen molar-refractivity contribution in [1.29, 1.82) is 0 Å². The van der Waals surface area contributed by atoms with E-state index >= 15 is 0 Å². The third-order valence-corrected chi connectivity index (χ3v) is 4.37. The first-order valence-electron chi connectivity index (χ1n) is 8.44. The molecule has 0 bridgehead atoms. The highest BCUT2D eigenvalue weighted by atomic mass is 35.5. The molecule has 2 aromatic carbocycles. The van der Waals surface area contributed by atoms with E-state index in [0.717, 1.165) is 5.56 Å². The van der Waals surface area contributed by atoms with Gasteiger partial charge in [0.15, 0.2) is 11.2 Å². The summed E-state index contributed by atoms with van der Waals surface area (Å²) in [6.45, 7) is 1.78. The van der Waals surface area contributed by atoms with E-state index in [1.165, 1.54) is 15.6 Å². The molecule has 0 radical (unpaired) electrons. The van der Waals surface area contributed by atoms with Crippen LogP contribution in [-0.4, -0.2) is 30.5 Å². The number of aryl methyl sites for hydroxylation is 1. The minimum Gasteiger partial charge on any atom is -0.325 e. The van der Waals surface area contributed by atoms with Gasteiger partial charge in [0.05, 0.1) is 5.69 Å². The van der Waals surface area contributed by atoms with Crippen LogP contribution in [0.15, 0.2) is 59.7 Å². The van der Waals surface area contributed by atoms with Crippen LogP contribution in [0, 0.1) is 6.92 Å². The third kappa shape index (κ3) is 3.49. The van der Waals surface area contributed by atoms with Gasteiger partial charge in [-0.25, -0.2) is 4.98 Å². The molecule has 4 rings (SSSR count). The first-order valence-corrected chi connectivity index (χ1v) is 8.82. The fraction of sp³-hybridized carbons (Fsp3) is 0.105. The number of rotatable bonds is 4. The molecule has 0 saturated heterocycles. The largest absolute Gasteiger partial charge is 0.325 e. The highest BCUT2D eigenvalue weighted by Gasteiger charge is 2.15. The number of nitrogens with zero attached hydrogens (tertiary/aromatic N) is 5. The van der Waals surface area contributed by atoms with Gasteiger partial charge in [-0.2, -0.15) is 4.68 Å². The number of amides is 1. The standard InChI is InChI=1S/C19H15ClN6O2/c1-12-5-7-14(8-6-12)22-16(27)10-25-11-21-18-17(19(25)28)23-24-26(18)15-4-2-3-13(20)9-15/h2-9,11H,10H2,1H3,(H,22,27). The van der Waals surface area contributed by atoms with E-state index in [-0.39, 0.29) is 18.0 Å². The number of fused-ring (bicyclic) bond motifs is 1. The van der Waals surface area contributed by atoms with Crippen molar-refractivity contribution >= 4 is 34.4 Å². The molecule has 0 aliphatic carbocycles. The van der Waals surface area contributed by atoms with Crippen molar-refractivity contribution in [3.05, 3.63) is 75.8 Å². The van der Waals surface area contributed by atoms with Crippen LogP contribution >= 0.6 is 11.6 Å². The van der Waals surface area contributed by atoms with E-state index in [4.69, 9.17) is 11.6 Å². The average molecular weight is 395 g/mol. The van der Waals surface area contributed by atoms with Gasteiger partial charge in [-0.3, -0.25) is 14.2 Å². The number of anilines is 1. The number of hydrogen-bond donors (Lipinski definition) is 1. The number of carbonyl (C=O) groups excluding carboxylic acids is 1. The maximum absolute atomic E-state index is 12.7. The van der Waals surface area contributed by atoms with E-state index < -0.39 is 5.56 Å². The van der Waals surface area contributed by atoms with E-state index in [9.17, 15) is 9.59 Å². The number of nitrogens with one attached hydrogen (secondary N) is 1. The number of carbonyl (C=O) groups is 1. The van der Waals surface area contributed by atoms with Crippen molar-refractivity contribution in [2.24, 2.45) is 0 Å². The summed E-state index contributed by atoms with van der Waals surface area (Å²) in [4.78, 5) is 29.2. The topological polar surface area (TPSA) is 94.7 Å². The predicted octanol–water partition coefficient (Wildman–Crippen LogP) is 2.58. The zero-order valence-electron chi connectivity index (χ0n) is 14.8. The van der Waals surface area contributed by atoms with Crippen LogP contribution in [0.5, 0.6) is 0 Å². The van der Waals surface area contributed by atoms with Crippen LogP contribution in [0.1, 0.15) is 5.56 Å². The maximum Gasteiger partial charge on any atom is 0.284 e. The van der Waals surface area contributed by atoms with Crippen LogP contribution in [0.2, 0.25) is 5.02 Å². The number of aromatic nitrogens is 5. The minimum atomic E-state index is -0.447. The molecule has 2 aromatic heterocycles. The van der Waals surface area contributed by atoms with Crippen LogP contribution in [0.3, 0.4) is 0 Å². The number of hydrogen-bond acceptors (Lipinski definition) is 5. The molecule has 0 unspecified atom stereocenters. The van der Waals surface area contributed by atoms with E-state index in [1.807, 2.05) is 19.1 Å². The van der Waals surface area contributed by atoms with Crippen LogP contribution in [0.4, 0.5) is 5.69 Å². The SMILES string of the molecule is Cc1ccc(NC(=O)Cn2cnc3c(nnn3-c3cccc(Cl)c3)c2=O)cc1. The van der Waals surface area contributed by atoms with E-state index in [0.29, 0.717) is 22.0 Å². The molecule has 0 spiro atoms. The summed E-state index contributed by atoms with van der Waals surface area (Å²) in [7, 11) is 0. The predicted molar refractivity (Wildman–Crippen MR) is 106 cm³/mol. The van der Waals surface area contributed by atoms with Crippen molar-refractivity contribution in [1.82, 2.24) is 24.5 Å². The number of benzene rings is 2. The molecule has 8 nitrogen and oxygen atoms in total. The third-order valence-electron chi connectivity index (χ3n) is 4.13. The highest BCUT2D eigenvalue weighted by molar-refractivity contribution is 6.30. The molecular weight excluding hydrogens is 380 g/mol. The lowest BCUT2D eigenvalue weighted by atomic mass is 10.2. The zero-order valence-corrected chi connectivity index (χ0v) is 15.6. The fourth-order valence-electron chi connectivity index (χ4n) is 2.73. The Bertz CT molecular complexity index is 1230. The second-order valence-electron chi connectivity index (χ2n) is 6.25. The summed E-state index contributed by atoms with van der Waals surface area (Å²) in [6, 6.07) is 14.4.